The zero-order valence-corrected chi connectivity index (χ0v) is 10.6. The van der Waals surface area contributed by atoms with Crippen molar-refractivity contribution < 1.29 is 8.78 Å². The van der Waals surface area contributed by atoms with Crippen LogP contribution in [0, 0.1) is 23.0 Å². The van der Waals surface area contributed by atoms with Crippen molar-refractivity contribution in [2.75, 3.05) is 5.32 Å². The van der Waals surface area contributed by atoms with Gasteiger partial charge in [-0.1, -0.05) is 15.9 Å². The van der Waals surface area contributed by atoms with E-state index in [0.717, 1.165) is 12.1 Å². The molecule has 0 saturated heterocycles. The Bertz CT molecular complexity index is 635. The molecule has 0 radical (unpaired) electrons. The summed E-state index contributed by atoms with van der Waals surface area (Å²) in [5.74, 6) is -1.32. The van der Waals surface area contributed by atoms with Crippen molar-refractivity contribution >= 4 is 27.3 Å². The van der Waals surface area contributed by atoms with Crippen LogP contribution in [0.3, 0.4) is 0 Å². The summed E-state index contributed by atoms with van der Waals surface area (Å²) in [4.78, 5) is 0. The van der Waals surface area contributed by atoms with Gasteiger partial charge in [-0.3, -0.25) is 0 Å². The van der Waals surface area contributed by atoms with E-state index in [-0.39, 0.29) is 5.69 Å². The van der Waals surface area contributed by atoms with Crippen molar-refractivity contribution in [3.63, 3.8) is 0 Å². The first-order valence-electron chi connectivity index (χ1n) is 5.01. The van der Waals surface area contributed by atoms with Gasteiger partial charge in [0.2, 0.25) is 0 Å². The molecule has 0 heterocycles. The second-order valence-corrected chi connectivity index (χ2v) is 4.51. The van der Waals surface area contributed by atoms with Gasteiger partial charge in [0.1, 0.15) is 11.6 Å². The Morgan fingerprint density at radius 1 is 1.11 bits per heavy atom. The Morgan fingerprint density at radius 3 is 2.56 bits per heavy atom. The molecular formula is C13H7BrF2N2. The molecule has 90 valence electrons. The minimum Gasteiger partial charge on any atom is -0.353 e. The normalized spacial score (nSPS) is 9.89. The summed E-state index contributed by atoms with van der Waals surface area (Å²) < 4.78 is 26.9. The van der Waals surface area contributed by atoms with Crippen LogP contribution in [0.15, 0.2) is 40.9 Å². The smallest absolute Gasteiger partial charge is 0.149 e. The standard InChI is InChI=1S/C13H7BrF2N2/c14-9-3-8(7-17)4-11(5-9)18-13-2-1-10(15)6-12(13)16/h1-6,18H. The van der Waals surface area contributed by atoms with Crippen LogP contribution in [0.5, 0.6) is 0 Å². The monoisotopic (exact) mass is 308 g/mol. The van der Waals surface area contributed by atoms with E-state index in [1.807, 2.05) is 6.07 Å². The fraction of sp³-hybridized carbons (Fsp3) is 0. The molecule has 2 rings (SSSR count). The molecular weight excluding hydrogens is 302 g/mol. The third kappa shape index (κ3) is 2.84. The van der Waals surface area contributed by atoms with E-state index in [0.29, 0.717) is 15.7 Å². The molecule has 0 aliphatic carbocycles. The fourth-order valence-corrected chi connectivity index (χ4v) is 1.97. The van der Waals surface area contributed by atoms with Crippen LogP contribution in [0.2, 0.25) is 0 Å². The molecule has 0 amide bonds. The van der Waals surface area contributed by atoms with Crippen molar-refractivity contribution in [2.45, 2.75) is 0 Å². The first kappa shape index (κ1) is 12.5. The number of nitrogens with zero attached hydrogens (tertiary/aromatic N) is 1. The number of rotatable bonds is 2. The average Bonchev–Trinajstić information content (AvgIpc) is 2.32. The minimum absolute atomic E-state index is 0.151. The summed E-state index contributed by atoms with van der Waals surface area (Å²) in [6.45, 7) is 0. The van der Waals surface area contributed by atoms with Crippen molar-refractivity contribution in [3.8, 4) is 6.07 Å². The number of nitrogens with one attached hydrogen (secondary N) is 1. The lowest BCUT2D eigenvalue weighted by atomic mass is 10.2. The molecule has 0 aliphatic rings. The molecule has 0 bridgehead atoms. The molecule has 0 unspecified atom stereocenters. The molecule has 0 aromatic heterocycles. The molecule has 2 aromatic carbocycles. The number of hydrogen-bond acceptors (Lipinski definition) is 2. The maximum Gasteiger partial charge on any atom is 0.149 e. The summed E-state index contributed by atoms with van der Waals surface area (Å²) in [6, 6.07) is 10.2. The summed E-state index contributed by atoms with van der Waals surface area (Å²) >= 11 is 3.25. The van der Waals surface area contributed by atoms with Gasteiger partial charge in [0.25, 0.3) is 0 Å². The predicted molar refractivity (Wildman–Crippen MR) is 68.5 cm³/mol. The van der Waals surface area contributed by atoms with Gasteiger partial charge in [-0.2, -0.15) is 5.26 Å². The fourth-order valence-electron chi connectivity index (χ4n) is 1.47. The lowest BCUT2D eigenvalue weighted by Crippen LogP contribution is -1.95. The molecule has 2 aromatic rings. The zero-order valence-electron chi connectivity index (χ0n) is 9.05. The van der Waals surface area contributed by atoms with Crippen LogP contribution in [-0.2, 0) is 0 Å². The van der Waals surface area contributed by atoms with E-state index in [1.165, 1.54) is 6.07 Å². The SMILES string of the molecule is N#Cc1cc(Br)cc(Nc2ccc(F)cc2F)c1. The lowest BCUT2D eigenvalue weighted by Gasteiger charge is -2.08. The van der Waals surface area contributed by atoms with Crippen LogP contribution in [0.1, 0.15) is 5.56 Å². The highest BCUT2D eigenvalue weighted by atomic mass is 79.9. The largest absolute Gasteiger partial charge is 0.353 e. The van der Waals surface area contributed by atoms with E-state index < -0.39 is 11.6 Å². The maximum atomic E-state index is 13.4. The van der Waals surface area contributed by atoms with Crippen LogP contribution in [0.4, 0.5) is 20.2 Å². The highest BCUT2D eigenvalue weighted by Crippen LogP contribution is 2.24. The van der Waals surface area contributed by atoms with Crippen LogP contribution in [0.25, 0.3) is 0 Å². The molecule has 0 fully saturated rings. The Morgan fingerprint density at radius 2 is 1.89 bits per heavy atom. The molecule has 0 aliphatic heterocycles. The number of anilines is 2. The zero-order chi connectivity index (χ0) is 13.1. The second-order valence-electron chi connectivity index (χ2n) is 3.59. The lowest BCUT2D eigenvalue weighted by molar-refractivity contribution is 0.586. The second kappa shape index (κ2) is 5.15. The maximum absolute atomic E-state index is 13.4. The number of halogens is 3. The van der Waals surface area contributed by atoms with Gasteiger partial charge >= 0.3 is 0 Å². The molecule has 0 atom stereocenters. The predicted octanol–water partition coefficient (Wildman–Crippen LogP) is 4.34. The van der Waals surface area contributed by atoms with Crippen LogP contribution < -0.4 is 5.32 Å². The number of hydrogen-bond donors (Lipinski definition) is 1. The average molecular weight is 309 g/mol. The molecule has 2 nitrogen and oxygen atoms in total. The first-order valence-corrected chi connectivity index (χ1v) is 5.80. The molecule has 0 spiro atoms. The first-order chi connectivity index (χ1) is 8.58. The van der Waals surface area contributed by atoms with E-state index >= 15 is 0 Å². The van der Waals surface area contributed by atoms with E-state index in [2.05, 4.69) is 21.2 Å². The van der Waals surface area contributed by atoms with Gasteiger partial charge in [0, 0.05) is 16.2 Å². The Kier molecular flexibility index (Phi) is 3.58. The molecule has 1 N–H and O–H groups in total. The molecule has 5 heteroatoms. The van der Waals surface area contributed by atoms with Crippen molar-refractivity contribution in [1.82, 2.24) is 0 Å². The summed E-state index contributed by atoms with van der Waals surface area (Å²) in [7, 11) is 0. The third-order valence-corrected chi connectivity index (χ3v) is 2.69. The summed E-state index contributed by atoms with van der Waals surface area (Å²) in [6.07, 6.45) is 0. The van der Waals surface area contributed by atoms with E-state index in [1.54, 1.807) is 18.2 Å². The molecule has 0 saturated carbocycles. The van der Waals surface area contributed by atoms with Crippen LogP contribution >= 0.6 is 15.9 Å². The third-order valence-electron chi connectivity index (χ3n) is 2.24. The van der Waals surface area contributed by atoms with Crippen molar-refractivity contribution in [1.29, 1.82) is 5.26 Å². The Hall–Kier alpha value is -1.93. The Balaban J connectivity index is 2.34. The quantitative estimate of drug-likeness (QED) is 0.895. The van der Waals surface area contributed by atoms with Gasteiger partial charge in [-0.25, -0.2) is 8.78 Å². The Labute approximate surface area is 111 Å². The summed E-state index contributed by atoms with van der Waals surface area (Å²) in [5.41, 5.74) is 1.14. The van der Waals surface area contributed by atoms with Crippen molar-refractivity contribution in [3.05, 3.63) is 58.1 Å². The van der Waals surface area contributed by atoms with Gasteiger partial charge in [-0.05, 0) is 30.3 Å². The number of nitriles is 1. The van der Waals surface area contributed by atoms with Crippen molar-refractivity contribution in [2.24, 2.45) is 0 Å². The highest BCUT2D eigenvalue weighted by Gasteiger charge is 2.05. The van der Waals surface area contributed by atoms with Gasteiger partial charge in [-0.15, -0.1) is 0 Å². The van der Waals surface area contributed by atoms with Gasteiger partial charge in [0.05, 0.1) is 17.3 Å². The topological polar surface area (TPSA) is 35.8 Å². The summed E-state index contributed by atoms with van der Waals surface area (Å²) in [5, 5.41) is 11.6. The highest BCUT2D eigenvalue weighted by molar-refractivity contribution is 9.10. The molecule has 18 heavy (non-hydrogen) atoms. The van der Waals surface area contributed by atoms with E-state index in [4.69, 9.17) is 5.26 Å². The number of benzene rings is 2. The van der Waals surface area contributed by atoms with Gasteiger partial charge in [0.15, 0.2) is 0 Å². The van der Waals surface area contributed by atoms with Gasteiger partial charge < -0.3 is 5.32 Å². The van der Waals surface area contributed by atoms with Crippen LogP contribution in [-0.4, -0.2) is 0 Å². The van der Waals surface area contributed by atoms with E-state index in [9.17, 15) is 8.78 Å². The minimum atomic E-state index is -0.687.